The van der Waals surface area contributed by atoms with E-state index in [1.165, 1.54) is 16.2 Å². The van der Waals surface area contributed by atoms with E-state index < -0.39 is 17.7 Å². The molecule has 8 heteroatoms. The lowest BCUT2D eigenvalue weighted by atomic mass is 9.95. The van der Waals surface area contributed by atoms with Gasteiger partial charge in [-0.2, -0.15) is 0 Å². The van der Waals surface area contributed by atoms with E-state index in [2.05, 4.69) is 9.97 Å². The molecule has 0 radical (unpaired) electrons. The van der Waals surface area contributed by atoms with Gasteiger partial charge in [0.2, 0.25) is 0 Å². The van der Waals surface area contributed by atoms with Crippen LogP contribution in [0.2, 0.25) is 5.02 Å². The quantitative estimate of drug-likeness (QED) is 0.220. The first-order chi connectivity index (χ1) is 16.3. The minimum Gasteiger partial charge on any atom is -0.507 e. The summed E-state index contributed by atoms with van der Waals surface area (Å²) in [5.41, 5.74) is 4.64. The molecule has 3 heterocycles. The van der Waals surface area contributed by atoms with Crippen LogP contribution in [0.5, 0.6) is 0 Å². The van der Waals surface area contributed by atoms with E-state index in [1.54, 1.807) is 42.7 Å². The minimum absolute atomic E-state index is 0.00900. The Kier molecular flexibility index (Phi) is 5.46. The second-order valence-corrected chi connectivity index (χ2v) is 9.74. The van der Waals surface area contributed by atoms with Gasteiger partial charge in [0.25, 0.3) is 5.78 Å². The summed E-state index contributed by atoms with van der Waals surface area (Å²) in [5, 5.41) is 12.2. The number of aryl methyl sites for hydroxylation is 3. The molecular formula is C26H20ClN3O3S. The molecule has 1 atom stereocenters. The number of aromatic nitrogens is 2. The van der Waals surface area contributed by atoms with Crippen LogP contribution in [0.1, 0.15) is 33.9 Å². The molecule has 1 amide bonds. The third-order valence-electron chi connectivity index (χ3n) is 6.09. The Bertz CT molecular complexity index is 1470. The summed E-state index contributed by atoms with van der Waals surface area (Å²) >= 11 is 7.56. The van der Waals surface area contributed by atoms with E-state index in [1.807, 2.05) is 32.9 Å². The monoisotopic (exact) mass is 489 g/mol. The molecule has 34 heavy (non-hydrogen) atoms. The number of pyridine rings is 1. The van der Waals surface area contributed by atoms with E-state index in [4.69, 9.17) is 11.6 Å². The van der Waals surface area contributed by atoms with Crippen molar-refractivity contribution in [2.24, 2.45) is 0 Å². The number of nitrogens with zero attached hydrogens (tertiary/aromatic N) is 3. The number of Topliss-reactive ketones (excluding diaryl/α,β-unsaturated/α-hetero) is 1. The highest BCUT2D eigenvalue weighted by Crippen LogP contribution is 2.44. The van der Waals surface area contributed by atoms with Crippen molar-refractivity contribution >= 4 is 55.7 Å². The van der Waals surface area contributed by atoms with Gasteiger partial charge in [0.1, 0.15) is 5.76 Å². The summed E-state index contributed by atoms with van der Waals surface area (Å²) in [5.74, 6) is -1.74. The molecule has 0 aliphatic carbocycles. The molecule has 2 aromatic carbocycles. The molecule has 0 spiro atoms. The number of anilines is 1. The van der Waals surface area contributed by atoms with Crippen molar-refractivity contribution in [3.63, 3.8) is 0 Å². The third kappa shape index (κ3) is 3.57. The number of benzene rings is 2. The maximum atomic E-state index is 13.3. The second kappa shape index (κ2) is 8.34. The fraction of sp³-hybridized carbons (Fsp3) is 0.154. The maximum Gasteiger partial charge on any atom is 0.301 e. The first-order valence-corrected chi connectivity index (χ1v) is 11.8. The Hall–Kier alpha value is -3.55. The van der Waals surface area contributed by atoms with Crippen LogP contribution < -0.4 is 4.90 Å². The van der Waals surface area contributed by atoms with Gasteiger partial charge in [-0.3, -0.25) is 19.5 Å². The number of halogens is 1. The molecule has 1 fully saturated rings. The predicted octanol–water partition coefficient (Wildman–Crippen LogP) is 5.90. The fourth-order valence-corrected chi connectivity index (χ4v) is 5.30. The smallest absolute Gasteiger partial charge is 0.301 e. The lowest BCUT2D eigenvalue weighted by Crippen LogP contribution is -2.29. The largest absolute Gasteiger partial charge is 0.507 e. The number of carbonyl (C=O) groups excluding carboxylic acids is 2. The van der Waals surface area contributed by atoms with Gasteiger partial charge in [0.05, 0.1) is 21.8 Å². The average Bonchev–Trinajstić information content (AvgIpc) is 3.33. The molecule has 0 bridgehead atoms. The van der Waals surface area contributed by atoms with Crippen molar-refractivity contribution in [3.05, 3.63) is 93.3 Å². The molecule has 1 aliphatic heterocycles. The third-order valence-corrected chi connectivity index (χ3v) is 7.51. The number of fused-ring (bicyclic) bond motifs is 1. The lowest BCUT2D eigenvalue weighted by molar-refractivity contribution is -0.132. The fourth-order valence-electron chi connectivity index (χ4n) is 4.07. The van der Waals surface area contributed by atoms with Crippen molar-refractivity contribution in [3.8, 4) is 0 Å². The van der Waals surface area contributed by atoms with Crippen molar-refractivity contribution in [2.75, 3.05) is 4.90 Å². The molecule has 1 unspecified atom stereocenters. The number of hydrogen-bond donors (Lipinski definition) is 1. The van der Waals surface area contributed by atoms with Crippen LogP contribution in [-0.2, 0) is 9.59 Å². The van der Waals surface area contributed by atoms with Crippen molar-refractivity contribution < 1.29 is 14.7 Å². The number of aliphatic hydroxyl groups is 1. The second-order valence-electron chi connectivity index (χ2n) is 8.32. The lowest BCUT2D eigenvalue weighted by Gasteiger charge is -2.22. The SMILES string of the molecule is Cc1ccc(/C(O)=C2\C(=O)C(=O)N(c3nc4cc(Cl)c(C)cc4s3)C2c2cccnc2)cc1C. The van der Waals surface area contributed by atoms with Gasteiger partial charge in [0.15, 0.2) is 5.13 Å². The minimum atomic E-state index is -0.868. The standard InChI is InChI=1S/C26H20ClN3O3S/c1-13-6-7-16(9-14(13)2)23(31)21-22(17-5-4-8-28-12-17)30(25(33)24(21)32)26-29-19-11-18(27)15(3)10-20(19)34-26/h4-12,22,31H,1-3H3/b23-21+. The number of rotatable bonds is 3. The molecule has 1 aliphatic rings. The molecule has 1 N–H and O–H groups in total. The first-order valence-electron chi connectivity index (χ1n) is 10.6. The first kappa shape index (κ1) is 22.3. The molecule has 6 nitrogen and oxygen atoms in total. The summed E-state index contributed by atoms with van der Waals surface area (Å²) in [4.78, 5) is 36.7. The molecule has 170 valence electrons. The zero-order valence-corrected chi connectivity index (χ0v) is 20.2. The van der Waals surface area contributed by atoms with E-state index in [0.29, 0.717) is 26.8 Å². The summed E-state index contributed by atoms with van der Waals surface area (Å²) in [6.07, 6.45) is 3.20. The Balaban J connectivity index is 1.73. The Morgan fingerprint density at radius 3 is 2.56 bits per heavy atom. The number of carbonyl (C=O) groups is 2. The number of amides is 1. The van der Waals surface area contributed by atoms with E-state index in [0.717, 1.165) is 21.4 Å². The van der Waals surface area contributed by atoms with Crippen LogP contribution in [0.4, 0.5) is 5.13 Å². The molecule has 4 aromatic rings. The molecule has 2 aromatic heterocycles. The van der Waals surface area contributed by atoms with Gasteiger partial charge in [0, 0.05) is 23.0 Å². The highest BCUT2D eigenvalue weighted by Gasteiger charge is 2.48. The van der Waals surface area contributed by atoms with Gasteiger partial charge in [-0.1, -0.05) is 41.1 Å². The van der Waals surface area contributed by atoms with Crippen molar-refractivity contribution in [1.29, 1.82) is 0 Å². The van der Waals surface area contributed by atoms with E-state index in [9.17, 15) is 14.7 Å². The van der Waals surface area contributed by atoms with Crippen molar-refractivity contribution in [2.45, 2.75) is 26.8 Å². The molecule has 1 saturated heterocycles. The summed E-state index contributed by atoms with van der Waals surface area (Å²) in [6, 6.07) is 11.7. The summed E-state index contributed by atoms with van der Waals surface area (Å²) < 4.78 is 0.845. The van der Waals surface area contributed by atoms with Crippen LogP contribution in [0.3, 0.4) is 0 Å². The van der Waals surface area contributed by atoms with E-state index >= 15 is 0 Å². The summed E-state index contributed by atoms with van der Waals surface area (Å²) in [7, 11) is 0. The van der Waals surface area contributed by atoms with Gasteiger partial charge >= 0.3 is 5.91 Å². The van der Waals surface area contributed by atoms with Crippen molar-refractivity contribution in [1.82, 2.24) is 9.97 Å². The number of ketones is 1. The maximum absolute atomic E-state index is 13.3. The van der Waals surface area contributed by atoms with Crippen LogP contribution in [-0.4, -0.2) is 26.8 Å². The van der Waals surface area contributed by atoms with Crippen LogP contribution in [0.15, 0.2) is 60.4 Å². The molecular weight excluding hydrogens is 470 g/mol. The zero-order chi connectivity index (χ0) is 24.1. The number of thiazole rings is 1. The Morgan fingerprint density at radius 1 is 1.06 bits per heavy atom. The summed E-state index contributed by atoms with van der Waals surface area (Å²) in [6.45, 7) is 5.79. The Labute approximate surface area is 205 Å². The van der Waals surface area contributed by atoms with Crippen LogP contribution >= 0.6 is 22.9 Å². The Morgan fingerprint density at radius 2 is 1.85 bits per heavy atom. The van der Waals surface area contributed by atoms with E-state index in [-0.39, 0.29) is 11.3 Å². The number of aliphatic hydroxyl groups excluding tert-OH is 1. The van der Waals surface area contributed by atoms with Gasteiger partial charge in [-0.15, -0.1) is 0 Å². The highest BCUT2D eigenvalue weighted by atomic mass is 35.5. The predicted molar refractivity (Wildman–Crippen MR) is 134 cm³/mol. The average molecular weight is 490 g/mol. The normalized spacial score (nSPS) is 17.6. The number of hydrogen-bond acceptors (Lipinski definition) is 6. The van der Waals surface area contributed by atoms with Gasteiger partial charge in [-0.05, 0) is 67.3 Å². The highest BCUT2D eigenvalue weighted by molar-refractivity contribution is 7.22. The van der Waals surface area contributed by atoms with Crippen LogP contribution in [0, 0.1) is 20.8 Å². The zero-order valence-electron chi connectivity index (χ0n) is 18.7. The van der Waals surface area contributed by atoms with Crippen LogP contribution in [0.25, 0.3) is 16.0 Å². The van der Waals surface area contributed by atoms with Gasteiger partial charge in [-0.25, -0.2) is 4.98 Å². The molecule has 0 saturated carbocycles. The molecule has 5 rings (SSSR count). The van der Waals surface area contributed by atoms with Gasteiger partial charge < -0.3 is 5.11 Å². The topological polar surface area (TPSA) is 83.4 Å².